The van der Waals surface area contributed by atoms with E-state index in [0.29, 0.717) is 5.56 Å². The van der Waals surface area contributed by atoms with Crippen LogP contribution in [0.5, 0.6) is 11.5 Å². The summed E-state index contributed by atoms with van der Waals surface area (Å²) in [5.74, 6) is -1.47. The van der Waals surface area contributed by atoms with E-state index < -0.39 is 17.7 Å². The summed E-state index contributed by atoms with van der Waals surface area (Å²) in [4.78, 5) is 0. The van der Waals surface area contributed by atoms with Gasteiger partial charge in [0.25, 0.3) is 0 Å². The molecule has 5 heteroatoms. The molecule has 0 heterocycles. The average Bonchev–Trinajstić information content (AvgIpc) is 2.41. The van der Waals surface area contributed by atoms with Gasteiger partial charge in [0.05, 0.1) is 0 Å². The Balaban J connectivity index is 2.51. The van der Waals surface area contributed by atoms with Gasteiger partial charge in [-0.1, -0.05) is 18.2 Å². The summed E-state index contributed by atoms with van der Waals surface area (Å²) < 4.78 is 32.8. The molecule has 0 aliphatic heterocycles. The molecule has 102 valence electrons. The van der Waals surface area contributed by atoms with Crippen LogP contribution < -0.4 is 10.5 Å². The van der Waals surface area contributed by atoms with Gasteiger partial charge in [0.2, 0.25) is 0 Å². The van der Waals surface area contributed by atoms with Crippen LogP contribution in [-0.2, 0) is 0 Å². The lowest BCUT2D eigenvalue weighted by Crippen LogP contribution is -2.08. The van der Waals surface area contributed by atoms with Gasteiger partial charge in [-0.2, -0.15) is 5.26 Å². The van der Waals surface area contributed by atoms with E-state index in [2.05, 4.69) is 0 Å². The van der Waals surface area contributed by atoms with Gasteiger partial charge in [-0.3, -0.25) is 0 Å². The van der Waals surface area contributed by atoms with Crippen molar-refractivity contribution in [3.05, 3.63) is 59.2 Å². The molecule has 0 fully saturated rings. The van der Waals surface area contributed by atoms with Crippen LogP contribution in [0.15, 0.2) is 36.4 Å². The Morgan fingerprint density at radius 2 is 1.80 bits per heavy atom. The van der Waals surface area contributed by atoms with E-state index in [1.807, 2.05) is 0 Å². The van der Waals surface area contributed by atoms with Gasteiger partial charge < -0.3 is 10.5 Å². The van der Waals surface area contributed by atoms with Gasteiger partial charge >= 0.3 is 0 Å². The maximum Gasteiger partial charge on any atom is 0.167 e. The first-order chi connectivity index (χ1) is 9.54. The van der Waals surface area contributed by atoms with Crippen molar-refractivity contribution in [3.63, 3.8) is 0 Å². The van der Waals surface area contributed by atoms with E-state index >= 15 is 0 Å². The van der Waals surface area contributed by atoms with Crippen molar-refractivity contribution < 1.29 is 13.5 Å². The van der Waals surface area contributed by atoms with E-state index in [0.717, 1.165) is 6.07 Å². The molecule has 0 aliphatic carbocycles. The Morgan fingerprint density at radius 1 is 1.15 bits per heavy atom. The Hall–Kier alpha value is -2.45. The highest BCUT2D eigenvalue weighted by atomic mass is 19.1. The van der Waals surface area contributed by atoms with Crippen molar-refractivity contribution in [1.82, 2.24) is 0 Å². The zero-order valence-electron chi connectivity index (χ0n) is 10.7. The van der Waals surface area contributed by atoms with Crippen LogP contribution in [-0.4, -0.2) is 0 Å². The van der Waals surface area contributed by atoms with Crippen LogP contribution in [0.3, 0.4) is 0 Å². The second kappa shape index (κ2) is 5.68. The van der Waals surface area contributed by atoms with E-state index in [1.165, 1.54) is 24.3 Å². The van der Waals surface area contributed by atoms with Crippen LogP contribution in [0.2, 0.25) is 0 Å². The summed E-state index contributed by atoms with van der Waals surface area (Å²) in [5, 5.41) is 8.94. The molecule has 2 N–H and O–H groups in total. The molecule has 0 radical (unpaired) electrons. The molecular formula is C15H12F2N2O. The lowest BCUT2D eigenvalue weighted by Gasteiger charge is -2.15. The quantitative estimate of drug-likeness (QED) is 0.929. The Labute approximate surface area is 115 Å². The molecule has 1 atom stereocenters. The summed E-state index contributed by atoms with van der Waals surface area (Å²) in [6.45, 7) is 1.68. The number of benzene rings is 2. The van der Waals surface area contributed by atoms with Crippen LogP contribution >= 0.6 is 0 Å². The molecular weight excluding hydrogens is 262 g/mol. The molecule has 0 amide bonds. The predicted molar refractivity (Wildman–Crippen MR) is 70.2 cm³/mol. The fraction of sp³-hybridized carbons (Fsp3) is 0.133. The molecule has 2 rings (SSSR count). The third-order valence-corrected chi connectivity index (χ3v) is 2.79. The third kappa shape index (κ3) is 2.60. The number of hydrogen-bond donors (Lipinski definition) is 1. The zero-order valence-corrected chi connectivity index (χ0v) is 10.7. The van der Waals surface area contributed by atoms with Crippen LogP contribution in [0.4, 0.5) is 8.78 Å². The summed E-state index contributed by atoms with van der Waals surface area (Å²) in [7, 11) is 0. The second-order valence-electron chi connectivity index (χ2n) is 4.27. The van der Waals surface area contributed by atoms with Crippen molar-refractivity contribution in [2.45, 2.75) is 13.0 Å². The van der Waals surface area contributed by atoms with Gasteiger partial charge in [0.1, 0.15) is 23.2 Å². The highest BCUT2D eigenvalue weighted by Gasteiger charge is 2.17. The van der Waals surface area contributed by atoms with Crippen molar-refractivity contribution in [1.29, 1.82) is 5.26 Å². The largest absolute Gasteiger partial charge is 0.452 e. The van der Waals surface area contributed by atoms with Gasteiger partial charge in [0, 0.05) is 11.6 Å². The SMILES string of the molecule is C[C@@H](N)c1cccc(F)c1Oc1cccc(F)c1C#N. The van der Waals surface area contributed by atoms with Gasteiger partial charge in [0.15, 0.2) is 11.6 Å². The fourth-order valence-electron chi connectivity index (χ4n) is 1.80. The van der Waals surface area contributed by atoms with Crippen LogP contribution in [0.1, 0.15) is 24.1 Å². The minimum absolute atomic E-state index is 0.0421. The monoisotopic (exact) mass is 274 g/mol. The lowest BCUT2D eigenvalue weighted by atomic mass is 10.1. The number of para-hydroxylation sites is 1. The maximum atomic E-state index is 13.9. The maximum absolute atomic E-state index is 13.9. The first-order valence-electron chi connectivity index (χ1n) is 5.95. The van der Waals surface area contributed by atoms with Gasteiger partial charge in [-0.15, -0.1) is 0 Å². The van der Waals surface area contributed by atoms with Gasteiger partial charge in [-0.05, 0) is 25.1 Å². The number of hydrogen-bond acceptors (Lipinski definition) is 3. The number of halogens is 2. The van der Waals surface area contributed by atoms with Crippen molar-refractivity contribution in [3.8, 4) is 17.6 Å². The normalized spacial score (nSPS) is 11.8. The molecule has 0 saturated heterocycles. The van der Waals surface area contributed by atoms with Crippen LogP contribution in [0, 0.1) is 23.0 Å². The molecule has 0 saturated carbocycles. The molecule has 0 spiro atoms. The number of nitrogens with two attached hydrogens (primary N) is 1. The molecule has 20 heavy (non-hydrogen) atoms. The topological polar surface area (TPSA) is 59.0 Å². The first kappa shape index (κ1) is 14.0. The van der Waals surface area contributed by atoms with Gasteiger partial charge in [-0.25, -0.2) is 8.78 Å². The Bertz CT molecular complexity index is 678. The Morgan fingerprint density at radius 3 is 2.45 bits per heavy atom. The number of nitriles is 1. The van der Waals surface area contributed by atoms with Crippen LogP contribution in [0.25, 0.3) is 0 Å². The zero-order chi connectivity index (χ0) is 14.7. The average molecular weight is 274 g/mol. The standard InChI is InChI=1S/C15H12F2N2O/c1-9(19)10-4-2-6-13(17)15(10)20-14-7-3-5-12(16)11(14)8-18/h2-7,9H,19H2,1H3/t9-/m1/s1. The van der Waals surface area contributed by atoms with Crippen molar-refractivity contribution in [2.75, 3.05) is 0 Å². The highest BCUT2D eigenvalue weighted by molar-refractivity contribution is 5.48. The molecule has 2 aromatic rings. The van der Waals surface area contributed by atoms with E-state index in [1.54, 1.807) is 19.1 Å². The number of ether oxygens (including phenoxy) is 1. The first-order valence-corrected chi connectivity index (χ1v) is 5.95. The van der Waals surface area contributed by atoms with Crippen molar-refractivity contribution in [2.24, 2.45) is 5.73 Å². The fourth-order valence-corrected chi connectivity index (χ4v) is 1.80. The molecule has 0 bridgehead atoms. The highest BCUT2D eigenvalue weighted by Crippen LogP contribution is 2.33. The number of nitrogens with zero attached hydrogens (tertiary/aromatic N) is 1. The molecule has 0 aliphatic rings. The predicted octanol–water partition coefficient (Wildman–Crippen LogP) is 3.65. The summed E-state index contributed by atoms with van der Waals surface area (Å²) in [6.07, 6.45) is 0. The van der Waals surface area contributed by atoms with Crippen molar-refractivity contribution >= 4 is 0 Å². The van der Waals surface area contributed by atoms with E-state index in [9.17, 15) is 8.78 Å². The lowest BCUT2D eigenvalue weighted by molar-refractivity contribution is 0.428. The third-order valence-electron chi connectivity index (χ3n) is 2.79. The summed E-state index contributed by atoms with van der Waals surface area (Å²) in [5.41, 5.74) is 5.92. The summed E-state index contributed by atoms with van der Waals surface area (Å²) in [6, 6.07) is 9.51. The number of rotatable bonds is 3. The second-order valence-corrected chi connectivity index (χ2v) is 4.27. The molecule has 0 unspecified atom stereocenters. The molecule has 3 nitrogen and oxygen atoms in total. The minimum Gasteiger partial charge on any atom is -0.452 e. The molecule has 2 aromatic carbocycles. The smallest absolute Gasteiger partial charge is 0.167 e. The minimum atomic E-state index is -0.719. The van der Waals surface area contributed by atoms with E-state index in [4.69, 9.17) is 15.7 Å². The molecule has 0 aromatic heterocycles. The summed E-state index contributed by atoms with van der Waals surface area (Å²) >= 11 is 0. The van der Waals surface area contributed by atoms with E-state index in [-0.39, 0.29) is 17.1 Å². The Kier molecular flexibility index (Phi) is 3.97.